The van der Waals surface area contributed by atoms with E-state index in [4.69, 9.17) is 9.47 Å². The van der Waals surface area contributed by atoms with Gasteiger partial charge in [0.2, 0.25) is 0 Å². The van der Waals surface area contributed by atoms with Crippen LogP contribution in [0.5, 0.6) is 11.5 Å². The smallest absolute Gasteiger partial charge is 0.275 e. The fraction of sp³-hybridized carbons (Fsp3) is 0.350. The summed E-state index contributed by atoms with van der Waals surface area (Å²) < 4.78 is 11.6. The number of hydrogen-bond donors (Lipinski definition) is 2. The van der Waals surface area contributed by atoms with Crippen LogP contribution >= 0.6 is 15.9 Å². The Morgan fingerprint density at radius 3 is 2.38 bits per heavy atom. The Morgan fingerprint density at radius 1 is 1.12 bits per heavy atom. The summed E-state index contributed by atoms with van der Waals surface area (Å²) in [5, 5.41) is 3.05. The van der Waals surface area contributed by atoms with Gasteiger partial charge < -0.3 is 19.7 Å². The van der Waals surface area contributed by atoms with Crippen LogP contribution in [-0.4, -0.2) is 33.7 Å². The normalized spacial score (nSPS) is 13.0. The number of likely N-dealkylation sites (N-methyl/N-ethyl adjacent to an activating group) is 1. The molecule has 1 amide bonds. The number of methoxy groups -OCH3 is 2. The molecule has 0 fully saturated rings. The van der Waals surface area contributed by atoms with Gasteiger partial charge in [0.1, 0.15) is 6.54 Å². The van der Waals surface area contributed by atoms with Crippen molar-refractivity contribution in [2.24, 2.45) is 0 Å². The van der Waals surface area contributed by atoms with Crippen LogP contribution in [0.25, 0.3) is 0 Å². The lowest BCUT2D eigenvalue weighted by atomic mass is 10.1. The minimum Gasteiger partial charge on any atom is -0.493 e. The Labute approximate surface area is 163 Å². The minimum absolute atomic E-state index is 0.0236. The number of quaternary nitrogens is 1. The minimum atomic E-state index is -0.0236. The van der Waals surface area contributed by atoms with Gasteiger partial charge in [0.05, 0.1) is 27.3 Å². The van der Waals surface area contributed by atoms with E-state index < -0.39 is 0 Å². The van der Waals surface area contributed by atoms with Crippen LogP contribution in [-0.2, 0) is 11.3 Å². The van der Waals surface area contributed by atoms with Gasteiger partial charge in [-0.15, -0.1) is 0 Å². The van der Waals surface area contributed by atoms with Crippen molar-refractivity contribution in [1.29, 1.82) is 0 Å². The summed E-state index contributed by atoms with van der Waals surface area (Å²) in [5.74, 6) is 1.43. The van der Waals surface area contributed by atoms with Crippen LogP contribution in [0.2, 0.25) is 0 Å². The maximum atomic E-state index is 12.3. The Bertz CT molecular complexity index is 734. The molecule has 2 N–H and O–H groups in total. The van der Waals surface area contributed by atoms with Gasteiger partial charge in [0, 0.05) is 10.0 Å². The van der Waals surface area contributed by atoms with Crippen molar-refractivity contribution >= 4 is 21.8 Å². The third-order valence-electron chi connectivity index (χ3n) is 4.16. The second-order valence-corrected chi connectivity index (χ2v) is 7.26. The van der Waals surface area contributed by atoms with Crippen molar-refractivity contribution in [3.8, 4) is 11.5 Å². The molecule has 0 aromatic heterocycles. The first kappa shape index (κ1) is 20.3. The summed E-state index contributed by atoms with van der Waals surface area (Å²) in [7, 11) is 5.24. The lowest BCUT2D eigenvalue weighted by Gasteiger charge is -2.18. The van der Waals surface area contributed by atoms with E-state index in [1.165, 1.54) is 0 Å². The fourth-order valence-corrected chi connectivity index (χ4v) is 3.07. The number of nitrogens with one attached hydrogen (secondary N) is 2. The van der Waals surface area contributed by atoms with Crippen LogP contribution < -0.4 is 19.7 Å². The highest BCUT2D eigenvalue weighted by Gasteiger charge is 2.15. The van der Waals surface area contributed by atoms with E-state index in [9.17, 15) is 4.79 Å². The number of benzene rings is 2. The van der Waals surface area contributed by atoms with Crippen molar-refractivity contribution in [1.82, 2.24) is 5.32 Å². The fourth-order valence-electron chi connectivity index (χ4n) is 2.80. The van der Waals surface area contributed by atoms with Gasteiger partial charge >= 0.3 is 0 Å². The highest BCUT2D eigenvalue weighted by molar-refractivity contribution is 9.10. The van der Waals surface area contributed by atoms with Gasteiger partial charge in [0.15, 0.2) is 18.0 Å². The number of carbonyl (C=O) groups is 1. The molecule has 0 radical (unpaired) electrons. The first-order valence-corrected chi connectivity index (χ1v) is 9.29. The van der Waals surface area contributed by atoms with Gasteiger partial charge in [-0.05, 0) is 42.8 Å². The zero-order valence-corrected chi connectivity index (χ0v) is 17.2. The Morgan fingerprint density at radius 2 is 1.77 bits per heavy atom. The molecule has 0 aliphatic heterocycles. The molecular formula is C20H26BrN2O3+. The highest BCUT2D eigenvalue weighted by Crippen LogP contribution is 2.27. The van der Waals surface area contributed by atoms with Crippen molar-refractivity contribution < 1.29 is 19.2 Å². The Balaban J connectivity index is 1.89. The van der Waals surface area contributed by atoms with Crippen LogP contribution in [0.1, 0.15) is 24.1 Å². The number of rotatable bonds is 8. The molecule has 2 rings (SSSR count). The highest BCUT2D eigenvalue weighted by atomic mass is 79.9. The molecule has 6 heteroatoms. The number of halogens is 1. The molecule has 0 heterocycles. The van der Waals surface area contributed by atoms with E-state index in [2.05, 4.69) is 21.2 Å². The standard InChI is InChI=1S/C20H25BrN2O3/c1-14(16-6-8-17(21)9-7-16)22-20(24)13-23(2)12-15-5-10-18(25-3)19(11-15)26-4/h5-11,14H,12-13H2,1-4H3,(H,22,24)/p+1/t14-/m1/s1. The summed E-state index contributed by atoms with van der Waals surface area (Å²) in [6, 6.07) is 13.8. The van der Waals surface area contributed by atoms with Gasteiger partial charge in [-0.3, -0.25) is 4.79 Å². The molecule has 2 atom stereocenters. The van der Waals surface area contributed by atoms with Crippen LogP contribution in [0.3, 0.4) is 0 Å². The van der Waals surface area contributed by atoms with E-state index in [0.29, 0.717) is 18.0 Å². The summed E-state index contributed by atoms with van der Waals surface area (Å²) in [4.78, 5) is 13.4. The van der Waals surface area contributed by atoms with Crippen LogP contribution in [0.15, 0.2) is 46.9 Å². The van der Waals surface area contributed by atoms with Crippen LogP contribution in [0.4, 0.5) is 0 Å². The van der Waals surface area contributed by atoms with Gasteiger partial charge in [-0.1, -0.05) is 28.1 Å². The Kier molecular flexibility index (Phi) is 7.48. The predicted octanol–water partition coefficient (Wildman–Crippen LogP) is 2.36. The average molecular weight is 422 g/mol. The summed E-state index contributed by atoms with van der Waals surface area (Å²) in [6.07, 6.45) is 0. The number of hydrogen-bond acceptors (Lipinski definition) is 3. The zero-order valence-electron chi connectivity index (χ0n) is 15.6. The average Bonchev–Trinajstić information content (AvgIpc) is 2.61. The number of carbonyl (C=O) groups excluding carboxylic acids is 1. The Hall–Kier alpha value is -2.05. The van der Waals surface area contributed by atoms with Crippen molar-refractivity contribution in [2.75, 3.05) is 27.8 Å². The van der Waals surface area contributed by atoms with E-state index in [1.54, 1.807) is 14.2 Å². The van der Waals surface area contributed by atoms with Crippen LogP contribution in [0, 0.1) is 0 Å². The monoisotopic (exact) mass is 421 g/mol. The molecule has 0 spiro atoms. The second-order valence-electron chi connectivity index (χ2n) is 6.34. The number of ether oxygens (including phenoxy) is 2. The first-order chi connectivity index (χ1) is 12.4. The van der Waals surface area contributed by atoms with E-state index in [-0.39, 0.29) is 11.9 Å². The molecule has 2 aromatic rings. The maximum Gasteiger partial charge on any atom is 0.275 e. The summed E-state index contributed by atoms with van der Waals surface area (Å²) in [5.41, 5.74) is 2.17. The van der Waals surface area contributed by atoms with Gasteiger partial charge in [0.25, 0.3) is 5.91 Å². The predicted molar refractivity (Wildman–Crippen MR) is 106 cm³/mol. The van der Waals surface area contributed by atoms with E-state index in [0.717, 1.165) is 27.0 Å². The molecule has 5 nitrogen and oxygen atoms in total. The quantitative estimate of drug-likeness (QED) is 0.687. The third kappa shape index (κ3) is 5.75. The summed E-state index contributed by atoms with van der Waals surface area (Å²) in [6.45, 7) is 3.11. The molecule has 2 aromatic carbocycles. The van der Waals surface area contributed by atoms with Crippen molar-refractivity contribution in [3.63, 3.8) is 0 Å². The zero-order chi connectivity index (χ0) is 19.1. The van der Waals surface area contributed by atoms with Crippen molar-refractivity contribution in [3.05, 3.63) is 58.1 Å². The molecular weight excluding hydrogens is 396 g/mol. The molecule has 140 valence electrons. The topological polar surface area (TPSA) is 52.0 Å². The molecule has 0 bridgehead atoms. The lowest BCUT2D eigenvalue weighted by Crippen LogP contribution is -3.08. The third-order valence-corrected chi connectivity index (χ3v) is 4.69. The molecule has 0 aliphatic carbocycles. The largest absolute Gasteiger partial charge is 0.493 e. The first-order valence-electron chi connectivity index (χ1n) is 8.50. The number of amides is 1. The molecule has 0 aliphatic rings. The van der Waals surface area contributed by atoms with Gasteiger partial charge in [-0.25, -0.2) is 0 Å². The molecule has 0 saturated carbocycles. The lowest BCUT2D eigenvalue weighted by molar-refractivity contribution is -0.885. The van der Waals surface area contributed by atoms with E-state index in [1.807, 2.05) is 56.4 Å². The summed E-state index contributed by atoms with van der Waals surface area (Å²) >= 11 is 3.42. The van der Waals surface area contributed by atoms with Crippen molar-refractivity contribution in [2.45, 2.75) is 19.5 Å². The molecule has 26 heavy (non-hydrogen) atoms. The second kappa shape index (κ2) is 9.59. The van der Waals surface area contributed by atoms with E-state index >= 15 is 0 Å². The molecule has 1 unspecified atom stereocenters. The maximum absolute atomic E-state index is 12.3. The SMILES string of the molecule is COc1ccc(C[NH+](C)CC(=O)N[C@H](C)c2ccc(Br)cc2)cc1OC. The molecule has 0 saturated heterocycles. The van der Waals surface area contributed by atoms with Gasteiger partial charge in [-0.2, -0.15) is 0 Å².